The minimum Gasteiger partial charge on any atom is -0.348 e. The van der Waals surface area contributed by atoms with Crippen LogP contribution in [-0.4, -0.2) is 25.0 Å². The van der Waals surface area contributed by atoms with E-state index in [9.17, 15) is 4.79 Å². The van der Waals surface area contributed by atoms with Crippen molar-refractivity contribution in [3.8, 4) is 0 Å². The van der Waals surface area contributed by atoms with E-state index < -0.39 is 0 Å². The predicted octanol–water partition coefficient (Wildman–Crippen LogP) is 2.93. The molecule has 1 saturated carbocycles. The lowest BCUT2D eigenvalue weighted by molar-refractivity contribution is -0.0366. The van der Waals surface area contributed by atoms with Crippen LogP contribution in [0, 0.1) is 10.8 Å². The second-order valence-electron chi connectivity index (χ2n) is 8.29. The molecule has 0 atom stereocenters. The van der Waals surface area contributed by atoms with Gasteiger partial charge in [-0.25, -0.2) is 0 Å². The molecule has 3 nitrogen and oxygen atoms in total. The second-order valence-corrected chi connectivity index (χ2v) is 8.29. The lowest BCUT2D eigenvalue weighted by Crippen LogP contribution is -2.63. The van der Waals surface area contributed by atoms with E-state index in [1.165, 1.54) is 11.1 Å². The van der Waals surface area contributed by atoms with Gasteiger partial charge in [-0.2, -0.15) is 0 Å². The van der Waals surface area contributed by atoms with Crippen LogP contribution in [0.4, 0.5) is 0 Å². The largest absolute Gasteiger partial charge is 0.348 e. The molecule has 0 unspecified atom stereocenters. The van der Waals surface area contributed by atoms with Crippen molar-refractivity contribution in [2.75, 3.05) is 13.1 Å². The quantitative estimate of drug-likeness (QED) is 0.882. The summed E-state index contributed by atoms with van der Waals surface area (Å²) in [5, 5.41) is 6.70. The monoisotopic (exact) mass is 300 g/mol. The second kappa shape index (κ2) is 5.38. The molecule has 120 valence electrons. The summed E-state index contributed by atoms with van der Waals surface area (Å²) in [6, 6.07) is 6.45. The van der Waals surface area contributed by atoms with E-state index in [1.54, 1.807) is 0 Å². The minimum atomic E-state index is 0.0749. The number of rotatable bonds is 2. The first-order chi connectivity index (χ1) is 10.3. The van der Waals surface area contributed by atoms with Gasteiger partial charge in [0.2, 0.25) is 0 Å². The maximum Gasteiger partial charge on any atom is 0.251 e. The van der Waals surface area contributed by atoms with Gasteiger partial charge < -0.3 is 10.6 Å². The summed E-state index contributed by atoms with van der Waals surface area (Å²) in [7, 11) is 0. The Bertz CT molecular complexity index is 575. The maximum atomic E-state index is 12.7. The number of carbonyl (C=O) groups is 1. The molecular formula is C19H28N2O. The SMILES string of the molecule is CC1(C)CC(C)(C)C1NC(=O)c1ccc2c(c1)CCNCC2. The van der Waals surface area contributed by atoms with Gasteiger partial charge in [-0.05, 0) is 66.4 Å². The van der Waals surface area contributed by atoms with Crippen LogP contribution in [0.25, 0.3) is 0 Å². The van der Waals surface area contributed by atoms with Crippen molar-refractivity contribution in [3.05, 3.63) is 34.9 Å². The summed E-state index contributed by atoms with van der Waals surface area (Å²) < 4.78 is 0. The summed E-state index contributed by atoms with van der Waals surface area (Å²) in [5.74, 6) is 0.0749. The molecule has 1 fully saturated rings. The Morgan fingerprint density at radius 1 is 1.09 bits per heavy atom. The number of carbonyl (C=O) groups excluding carboxylic acids is 1. The lowest BCUT2D eigenvalue weighted by Gasteiger charge is -2.57. The van der Waals surface area contributed by atoms with E-state index in [-0.39, 0.29) is 22.8 Å². The van der Waals surface area contributed by atoms with Gasteiger partial charge in [-0.3, -0.25) is 4.79 Å². The highest BCUT2D eigenvalue weighted by molar-refractivity contribution is 5.94. The Kier molecular flexibility index (Phi) is 3.80. The minimum absolute atomic E-state index is 0.0749. The van der Waals surface area contributed by atoms with Gasteiger partial charge in [0.1, 0.15) is 0 Å². The van der Waals surface area contributed by atoms with Crippen LogP contribution < -0.4 is 10.6 Å². The van der Waals surface area contributed by atoms with Crippen LogP contribution in [0.5, 0.6) is 0 Å². The fourth-order valence-electron chi connectivity index (χ4n) is 4.73. The molecule has 0 spiro atoms. The fourth-order valence-corrected chi connectivity index (χ4v) is 4.73. The summed E-state index contributed by atoms with van der Waals surface area (Å²) in [4.78, 5) is 12.7. The number of benzene rings is 1. The molecule has 2 aliphatic rings. The van der Waals surface area contributed by atoms with Gasteiger partial charge in [-0.1, -0.05) is 33.8 Å². The first kappa shape index (κ1) is 15.5. The fraction of sp³-hybridized carbons (Fsp3) is 0.632. The highest BCUT2D eigenvalue weighted by Crippen LogP contribution is 2.53. The molecule has 0 radical (unpaired) electrons. The van der Waals surface area contributed by atoms with Crippen LogP contribution in [0.3, 0.4) is 0 Å². The van der Waals surface area contributed by atoms with E-state index in [4.69, 9.17) is 0 Å². The van der Waals surface area contributed by atoms with E-state index in [0.717, 1.165) is 37.9 Å². The summed E-state index contributed by atoms with van der Waals surface area (Å²) in [6.45, 7) is 11.0. The Morgan fingerprint density at radius 3 is 2.36 bits per heavy atom. The van der Waals surface area contributed by atoms with Gasteiger partial charge >= 0.3 is 0 Å². The van der Waals surface area contributed by atoms with Crippen molar-refractivity contribution < 1.29 is 4.79 Å². The third-order valence-electron chi connectivity index (χ3n) is 5.36. The summed E-state index contributed by atoms with van der Waals surface area (Å²) in [5.41, 5.74) is 3.89. The van der Waals surface area contributed by atoms with Crippen molar-refractivity contribution in [2.45, 2.75) is 53.0 Å². The topological polar surface area (TPSA) is 41.1 Å². The first-order valence-electron chi connectivity index (χ1n) is 8.43. The molecule has 0 bridgehead atoms. The van der Waals surface area contributed by atoms with Crippen molar-refractivity contribution >= 4 is 5.91 Å². The van der Waals surface area contributed by atoms with E-state index in [1.807, 2.05) is 6.07 Å². The number of hydrogen-bond acceptors (Lipinski definition) is 2. The van der Waals surface area contributed by atoms with E-state index >= 15 is 0 Å². The Labute approximate surface area is 133 Å². The zero-order chi connectivity index (χ0) is 16.0. The summed E-state index contributed by atoms with van der Waals surface area (Å²) in [6.07, 6.45) is 3.22. The molecule has 1 heterocycles. The molecule has 1 amide bonds. The Morgan fingerprint density at radius 2 is 1.73 bits per heavy atom. The van der Waals surface area contributed by atoms with Gasteiger partial charge in [0, 0.05) is 11.6 Å². The molecular weight excluding hydrogens is 272 g/mol. The van der Waals surface area contributed by atoms with Crippen molar-refractivity contribution in [3.63, 3.8) is 0 Å². The van der Waals surface area contributed by atoms with Crippen molar-refractivity contribution in [1.82, 2.24) is 10.6 Å². The molecule has 1 aromatic rings. The maximum absolute atomic E-state index is 12.7. The Balaban J connectivity index is 1.77. The average Bonchev–Trinajstić information content (AvgIpc) is 2.67. The van der Waals surface area contributed by atoms with Gasteiger partial charge in [-0.15, -0.1) is 0 Å². The Hall–Kier alpha value is -1.35. The highest BCUT2D eigenvalue weighted by Gasteiger charge is 2.53. The average molecular weight is 300 g/mol. The molecule has 1 aliphatic heterocycles. The van der Waals surface area contributed by atoms with E-state index in [0.29, 0.717) is 0 Å². The third kappa shape index (κ3) is 2.79. The van der Waals surface area contributed by atoms with Crippen molar-refractivity contribution in [2.24, 2.45) is 10.8 Å². The number of nitrogens with one attached hydrogen (secondary N) is 2. The lowest BCUT2D eigenvalue weighted by atomic mass is 9.52. The van der Waals surface area contributed by atoms with Gasteiger partial charge in [0.05, 0.1) is 0 Å². The molecule has 0 saturated heterocycles. The standard InChI is InChI=1S/C19H28N2O/c1-18(2)12-19(3,4)17(18)21-16(22)15-6-5-13-7-9-20-10-8-14(13)11-15/h5-6,11,17,20H,7-10,12H2,1-4H3,(H,21,22). The predicted molar refractivity (Wildman–Crippen MR) is 90.2 cm³/mol. The molecule has 22 heavy (non-hydrogen) atoms. The number of fused-ring (bicyclic) bond motifs is 1. The van der Waals surface area contributed by atoms with E-state index in [2.05, 4.69) is 50.5 Å². The van der Waals surface area contributed by atoms with Gasteiger partial charge in [0.15, 0.2) is 0 Å². The number of amides is 1. The third-order valence-corrected chi connectivity index (χ3v) is 5.36. The van der Waals surface area contributed by atoms with Crippen LogP contribution in [0.1, 0.15) is 55.6 Å². The molecule has 3 heteroatoms. The zero-order valence-corrected chi connectivity index (χ0v) is 14.3. The first-order valence-corrected chi connectivity index (χ1v) is 8.43. The van der Waals surface area contributed by atoms with Crippen LogP contribution in [-0.2, 0) is 12.8 Å². The molecule has 0 aromatic heterocycles. The van der Waals surface area contributed by atoms with Crippen LogP contribution in [0.2, 0.25) is 0 Å². The van der Waals surface area contributed by atoms with Crippen LogP contribution >= 0.6 is 0 Å². The van der Waals surface area contributed by atoms with Crippen molar-refractivity contribution in [1.29, 1.82) is 0 Å². The smallest absolute Gasteiger partial charge is 0.251 e. The molecule has 3 rings (SSSR count). The number of hydrogen-bond donors (Lipinski definition) is 2. The normalized spacial score (nSPS) is 23.1. The molecule has 1 aromatic carbocycles. The summed E-state index contributed by atoms with van der Waals surface area (Å²) >= 11 is 0. The molecule has 2 N–H and O–H groups in total. The van der Waals surface area contributed by atoms with Gasteiger partial charge in [0.25, 0.3) is 5.91 Å². The highest BCUT2D eigenvalue weighted by atomic mass is 16.1. The molecule has 1 aliphatic carbocycles. The van der Waals surface area contributed by atoms with Crippen LogP contribution in [0.15, 0.2) is 18.2 Å². The zero-order valence-electron chi connectivity index (χ0n) is 14.3.